The van der Waals surface area contributed by atoms with E-state index < -0.39 is 0 Å². The molecule has 0 aromatic carbocycles. The van der Waals surface area contributed by atoms with E-state index >= 15 is 0 Å². The number of thioether (sulfide) groups is 1. The van der Waals surface area contributed by atoms with E-state index in [1.807, 2.05) is 0 Å². The minimum Gasteiger partial charge on any atom is -0.301 e. The third-order valence-electron chi connectivity index (χ3n) is 1.36. The predicted molar refractivity (Wildman–Crippen MR) is 55.7 cm³/mol. The van der Waals surface area contributed by atoms with Crippen LogP contribution in [-0.4, -0.2) is 21.6 Å². The van der Waals surface area contributed by atoms with Gasteiger partial charge in [0.1, 0.15) is 0 Å². The van der Waals surface area contributed by atoms with Crippen molar-refractivity contribution in [2.75, 3.05) is 11.6 Å². The number of H-pyrrole nitrogens is 1. The van der Waals surface area contributed by atoms with Gasteiger partial charge in [-0.3, -0.25) is 4.79 Å². The number of halogens is 1. The fraction of sp³-hybridized carbons (Fsp3) is 0.500. The average Bonchev–Trinajstić information content (AvgIpc) is 2.03. The Kier molecular flexibility index (Phi) is 4.32. The topological polar surface area (TPSA) is 45.8 Å². The molecule has 1 aromatic heterocycles. The first-order valence-electron chi connectivity index (χ1n) is 3.99. The van der Waals surface area contributed by atoms with Gasteiger partial charge in [-0.2, -0.15) is 0 Å². The van der Waals surface area contributed by atoms with Gasteiger partial charge in [0.05, 0.1) is 0 Å². The van der Waals surface area contributed by atoms with Crippen LogP contribution in [-0.2, 0) is 0 Å². The highest BCUT2D eigenvalue weighted by Gasteiger charge is 1.97. The Hall–Kier alpha value is -0.480. The van der Waals surface area contributed by atoms with Crippen LogP contribution >= 0.6 is 23.4 Å². The third-order valence-corrected chi connectivity index (χ3v) is 2.59. The summed E-state index contributed by atoms with van der Waals surface area (Å²) in [4.78, 5) is 17.8. The highest BCUT2D eigenvalue weighted by Crippen LogP contribution is 2.12. The van der Waals surface area contributed by atoms with Crippen LogP contribution in [0.5, 0.6) is 0 Å². The van der Waals surface area contributed by atoms with Crippen molar-refractivity contribution >= 4 is 23.4 Å². The highest BCUT2D eigenvalue weighted by atomic mass is 35.5. The molecule has 1 rings (SSSR count). The number of nitrogens with one attached hydrogen (secondary N) is 1. The Balaban J connectivity index is 2.61. The summed E-state index contributed by atoms with van der Waals surface area (Å²) in [5.41, 5.74) is 0.651. The lowest BCUT2D eigenvalue weighted by Crippen LogP contribution is -2.08. The smallest absolute Gasteiger partial charge is 0.251 e. The van der Waals surface area contributed by atoms with Gasteiger partial charge in [0.15, 0.2) is 5.16 Å². The molecule has 0 aliphatic rings. The van der Waals surface area contributed by atoms with Crippen LogP contribution in [0.25, 0.3) is 0 Å². The number of hydrogen-bond donors (Lipinski definition) is 1. The van der Waals surface area contributed by atoms with Gasteiger partial charge in [0, 0.05) is 23.4 Å². The quantitative estimate of drug-likeness (QED) is 0.363. The summed E-state index contributed by atoms with van der Waals surface area (Å²) in [5.74, 6) is 1.53. The number of rotatable bonds is 4. The van der Waals surface area contributed by atoms with Crippen molar-refractivity contribution in [3.8, 4) is 0 Å². The normalized spacial score (nSPS) is 10.3. The Morgan fingerprint density at radius 3 is 3.08 bits per heavy atom. The Bertz CT molecular complexity index is 326. The standard InChI is InChI=1S/C8H11ClN2OS/c1-6-5-7(12)11-8(10-6)13-4-2-3-9/h5H,2-4H2,1H3,(H,10,11,12). The van der Waals surface area contributed by atoms with Gasteiger partial charge in [-0.15, -0.1) is 11.6 Å². The molecule has 0 spiro atoms. The molecule has 0 saturated carbocycles. The zero-order valence-electron chi connectivity index (χ0n) is 7.34. The van der Waals surface area contributed by atoms with E-state index in [-0.39, 0.29) is 5.56 Å². The zero-order chi connectivity index (χ0) is 9.68. The van der Waals surface area contributed by atoms with E-state index in [4.69, 9.17) is 11.6 Å². The summed E-state index contributed by atoms with van der Waals surface area (Å²) in [6.07, 6.45) is 0.921. The third kappa shape index (κ3) is 3.83. The molecule has 0 amide bonds. The van der Waals surface area contributed by atoms with Gasteiger partial charge >= 0.3 is 0 Å². The van der Waals surface area contributed by atoms with Crippen molar-refractivity contribution in [3.63, 3.8) is 0 Å². The Morgan fingerprint density at radius 1 is 1.69 bits per heavy atom. The van der Waals surface area contributed by atoms with E-state index in [9.17, 15) is 4.79 Å². The SMILES string of the molecule is Cc1cc(=O)[nH]c(SCCCCl)n1. The summed E-state index contributed by atoms with van der Waals surface area (Å²) in [7, 11) is 0. The lowest BCUT2D eigenvalue weighted by molar-refractivity contribution is 0.903. The summed E-state index contributed by atoms with van der Waals surface area (Å²) >= 11 is 7.05. The molecule has 0 saturated heterocycles. The molecule has 13 heavy (non-hydrogen) atoms. The molecule has 0 aliphatic carbocycles. The van der Waals surface area contributed by atoms with Crippen LogP contribution in [0.2, 0.25) is 0 Å². The molecule has 72 valence electrons. The van der Waals surface area contributed by atoms with Gasteiger partial charge < -0.3 is 4.98 Å². The van der Waals surface area contributed by atoms with E-state index in [1.54, 1.807) is 6.92 Å². The number of aromatic amines is 1. The number of alkyl halides is 1. The molecular weight excluding hydrogens is 208 g/mol. The lowest BCUT2D eigenvalue weighted by Gasteiger charge is -1.99. The van der Waals surface area contributed by atoms with E-state index in [0.717, 1.165) is 17.9 Å². The number of hydrogen-bond acceptors (Lipinski definition) is 3. The number of aryl methyl sites for hydroxylation is 1. The molecular formula is C8H11ClN2OS. The van der Waals surface area contributed by atoms with Crippen LogP contribution in [0.4, 0.5) is 0 Å². The molecule has 0 aliphatic heterocycles. The molecule has 0 radical (unpaired) electrons. The molecule has 1 heterocycles. The van der Waals surface area contributed by atoms with Gasteiger partial charge in [0.25, 0.3) is 5.56 Å². The number of nitrogens with zero attached hydrogens (tertiary/aromatic N) is 1. The first kappa shape index (κ1) is 10.6. The van der Waals surface area contributed by atoms with E-state index in [0.29, 0.717) is 11.0 Å². The van der Waals surface area contributed by atoms with Crippen molar-refractivity contribution in [1.29, 1.82) is 0 Å². The van der Waals surface area contributed by atoms with Gasteiger partial charge in [0.2, 0.25) is 0 Å². The van der Waals surface area contributed by atoms with Crippen molar-refractivity contribution in [1.82, 2.24) is 9.97 Å². The Labute approximate surface area is 85.9 Å². The minimum absolute atomic E-state index is 0.0964. The molecule has 0 fully saturated rings. The molecule has 3 nitrogen and oxygen atoms in total. The van der Waals surface area contributed by atoms with Crippen LogP contribution < -0.4 is 5.56 Å². The fourth-order valence-electron chi connectivity index (χ4n) is 0.843. The van der Waals surface area contributed by atoms with Crippen LogP contribution in [0.15, 0.2) is 16.0 Å². The highest BCUT2D eigenvalue weighted by molar-refractivity contribution is 7.99. The largest absolute Gasteiger partial charge is 0.301 e. The van der Waals surface area contributed by atoms with Gasteiger partial charge in [-0.05, 0) is 13.3 Å². The van der Waals surface area contributed by atoms with Crippen LogP contribution in [0.1, 0.15) is 12.1 Å². The van der Waals surface area contributed by atoms with E-state index in [2.05, 4.69) is 9.97 Å². The van der Waals surface area contributed by atoms with Gasteiger partial charge in [-0.1, -0.05) is 11.8 Å². The van der Waals surface area contributed by atoms with Crippen molar-refractivity contribution in [2.45, 2.75) is 18.5 Å². The lowest BCUT2D eigenvalue weighted by atomic mass is 10.5. The maximum Gasteiger partial charge on any atom is 0.251 e. The first-order chi connectivity index (χ1) is 6.22. The summed E-state index contributed by atoms with van der Waals surface area (Å²) < 4.78 is 0. The summed E-state index contributed by atoms with van der Waals surface area (Å²) in [5, 5.41) is 0.676. The van der Waals surface area contributed by atoms with Crippen molar-refractivity contribution < 1.29 is 0 Å². The van der Waals surface area contributed by atoms with Crippen molar-refractivity contribution in [2.24, 2.45) is 0 Å². The first-order valence-corrected chi connectivity index (χ1v) is 5.51. The monoisotopic (exact) mass is 218 g/mol. The van der Waals surface area contributed by atoms with E-state index in [1.165, 1.54) is 17.8 Å². The van der Waals surface area contributed by atoms with Gasteiger partial charge in [-0.25, -0.2) is 4.98 Å². The van der Waals surface area contributed by atoms with Crippen LogP contribution in [0, 0.1) is 6.92 Å². The second-order valence-corrected chi connectivity index (χ2v) is 4.04. The maximum atomic E-state index is 11.0. The minimum atomic E-state index is -0.0964. The maximum absolute atomic E-state index is 11.0. The van der Waals surface area contributed by atoms with Crippen LogP contribution in [0.3, 0.4) is 0 Å². The average molecular weight is 219 g/mol. The second kappa shape index (κ2) is 5.29. The number of aromatic nitrogens is 2. The second-order valence-electron chi connectivity index (χ2n) is 2.58. The molecule has 5 heteroatoms. The zero-order valence-corrected chi connectivity index (χ0v) is 8.91. The fourth-order valence-corrected chi connectivity index (χ4v) is 2.00. The Morgan fingerprint density at radius 2 is 2.46 bits per heavy atom. The molecule has 0 atom stereocenters. The molecule has 0 unspecified atom stereocenters. The van der Waals surface area contributed by atoms with Crippen molar-refractivity contribution in [3.05, 3.63) is 22.1 Å². The predicted octanol–water partition coefficient (Wildman–Crippen LogP) is 1.80. The molecule has 1 N–H and O–H groups in total. The molecule has 1 aromatic rings. The molecule has 0 bridgehead atoms. The summed E-state index contributed by atoms with van der Waals surface area (Å²) in [6.45, 7) is 1.81. The summed E-state index contributed by atoms with van der Waals surface area (Å²) in [6, 6.07) is 1.48.